The second kappa shape index (κ2) is 12.2. The lowest BCUT2D eigenvalue weighted by atomic mass is 9.82. The van der Waals surface area contributed by atoms with Crippen LogP contribution in [-0.4, -0.2) is 6.61 Å². The topological polar surface area (TPSA) is 9.23 Å². The molecule has 1 nitrogen and oxygen atoms in total. The Labute approximate surface area is 194 Å². The van der Waals surface area contributed by atoms with Crippen LogP contribution in [0.15, 0.2) is 30.3 Å². The van der Waals surface area contributed by atoms with Gasteiger partial charge in [-0.15, -0.1) is 0 Å². The third-order valence-electron chi connectivity index (χ3n) is 6.55. The van der Waals surface area contributed by atoms with E-state index in [1.165, 1.54) is 38.7 Å². The molecule has 0 saturated heterocycles. The van der Waals surface area contributed by atoms with Crippen LogP contribution in [-0.2, 0) is 0 Å². The molecule has 0 fully saturated rings. The summed E-state index contributed by atoms with van der Waals surface area (Å²) in [6.45, 7) is 4.08. The summed E-state index contributed by atoms with van der Waals surface area (Å²) in [5.74, 6) is -3.77. The maximum absolute atomic E-state index is 14.8. The molecule has 1 unspecified atom stereocenters. The van der Waals surface area contributed by atoms with Gasteiger partial charge < -0.3 is 4.74 Å². The minimum Gasteiger partial charge on any atom is -0.490 e. The Balaban J connectivity index is 1.57. The summed E-state index contributed by atoms with van der Waals surface area (Å²) < 4.78 is 63.1. The summed E-state index contributed by atoms with van der Waals surface area (Å²) in [5.41, 5.74) is 1.52. The summed E-state index contributed by atoms with van der Waals surface area (Å²) in [7, 11) is 0. The summed E-state index contributed by atoms with van der Waals surface area (Å²) in [6, 6.07) is 6.23. The standard InChI is InChI=1S/C28H34F4O/c1-3-4-5-6-7-8-9-18-33-24-17-16-23(27(31)28(24)32)21-13-11-20(12-14-21)22-15-10-19(2)25(29)26(22)30/h10-11,15-17,21H,3-9,12-14,18H2,1-2H3. The molecule has 0 bridgehead atoms. The molecule has 1 aliphatic rings. The van der Waals surface area contributed by atoms with Gasteiger partial charge in [0.25, 0.3) is 0 Å². The van der Waals surface area contributed by atoms with Gasteiger partial charge in [0.15, 0.2) is 23.2 Å². The van der Waals surface area contributed by atoms with Crippen LogP contribution >= 0.6 is 0 Å². The number of aryl methyl sites for hydroxylation is 1. The van der Waals surface area contributed by atoms with Crippen molar-refractivity contribution in [3.05, 3.63) is 70.3 Å². The minimum absolute atomic E-state index is 0.0496. The van der Waals surface area contributed by atoms with Gasteiger partial charge in [0.05, 0.1) is 6.61 Å². The third-order valence-corrected chi connectivity index (χ3v) is 6.55. The zero-order valence-electron chi connectivity index (χ0n) is 19.7. The van der Waals surface area contributed by atoms with Gasteiger partial charge in [0.2, 0.25) is 5.82 Å². The number of ether oxygens (including phenoxy) is 1. The molecule has 0 aromatic heterocycles. The Kier molecular flexibility index (Phi) is 9.40. The summed E-state index contributed by atoms with van der Waals surface area (Å²) >= 11 is 0. The van der Waals surface area contributed by atoms with E-state index in [1.807, 2.05) is 6.08 Å². The van der Waals surface area contributed by atoms with Gasteiger partial charge in [-0.3, -0.25) is 0 Å². The molecule has 1 aliphatic carbocycles. The number of rotatable bonds is 11. The van der Waals surface area contributed by atoms with Crippen molar-refractivity contribution >= 4 is 5.57 Å². The van der Waals surface area contributed by atoms with Crippen LogP contribution in [0.3, 0.4) is 0 Å². The maximum Gasteiger partial charge on any atom is 0.200 e. The monoisotopic (exact) mass is 462 g/mol. The largest absolute Gasteiger partial charge is 0.490 e. The van der Waals surface area contributed by atoms with Crippen molar-refractivity contribution in [1.29, 1.82) is 0 Å². The Morgan fingerprint density at radius 3 is 2.24 bits per heavy atom. The maximum atomic E-state index is 14.8. The molecule has 1 atom stereocenters. The molecule has 0 amide bonds. The molecule has 5 heteroatoms. The highest BCUT2D eigenvalue weighted by molar-refractivity contribution is 5.67. The number of benzene rings is 2. The van der Waals surface area contributed by atoms with Crippen LogP contribution < -0.4 is 4.74 Å². The normalized spacial score (nSPS) is 16.1. The van der Waals surface area contributed by atoms with E-state index in [0.29, 0.717) is 37.0 Å². The number of allylic oxidation sites excluding steroid dienone is 2. The average molecular weight is 463 g/mol. The highest BCUT2D eigenvalue weighted by Gasteiger charge is 2.25. The molecule has 0 spiro atoms. The molecule has 0 heterocycles. The first kappa shape index (κ1) is 25.3. The van der Waals surface area contributed by atoms with Crippen molar-refractivity contribution in [1.82, 2.24) is 0 Å². The van der Waals surface area contributed by atoms with Gasteiger partial charge in [0, 0.05) is 5.56 Å². The zero-order valence-corrected chi connectivity index (χ0v) is 19.7. The van der Waals surface area contributed by atoms with Crippen LogP contribution in [0.25, 0.3) is 5.57 Å². The summed E-state index contributed by atoms with van der Waals surface area (Å²) in [5, 5.41) is 0. The predicted octanol–water partition coefficient (Wildman–Crippen LogP) is 9.03. The molecule has 2 aromatic rings. The summed E-state index contributed by atoms with van der Waals surface area (Å²) in [6.07, 6.45) is 11.2. The Morgan fingerprint density at radius 1 is 0.818 bits per heavy atom. The lowest BCUT2D eigenvalue weighted by molar-refractivity contribution is 0.283. The number of unbranched alkanes of at least 4 members (excludes halogenated alkanes) is 6. The molecule has 0 N–H and O–H groups in total. The van der Waals surface area contributed by atoms with Crippen LogP contribution in [0, 0.1) is 30.2 Å². The molecule has 2 aromatic carbocycles. The second-order valence-electron chi connectivity index (χ2n) is 9.01. The fourth-order valence-electron chi connectivity index (χ4n) is 4.47. The first-order chi connectivity index (χ1) is 15.9. The lowest BCUT2D eigenvalue weighted by Gasteiger charge is -2.24. The first-order valence-electron chi connectivity index (χ1n) is 12.2. The number of halogens is 4. The molecule has 33 heavy (non-hydrogen) atoms. The molecule has 0 radical (unpaired) electrons. The fraction of sp³-hybridized carbons (Fsp3) is 0.500. The minimum atomic E-state index is -0.947. The Morgan fingerprint density at radius 2 is 1.55 bits per heavy atom. The van der Waals surface area contributed by atoms with Crippen LogP contribution in [0.1, 0.15) is 93.7 Å². The zero-order chi connectivity index (χ0) is 23.8. The molecular weight excluding hydrogens is 428 g/mol. The molecule has 0 saturated carbocycles. The van der Waals surface area contributed by atoms with E-state index in [0.717, 1.165) is 19.3 Å². The SMILES string of the molecule is CCCCCCCCCOc1ccc(C2CC=C(c3ccc(C)c(F)c3F)CC2)c(F)c1F. The quantitative estimate of drug-likeness (QED) is 0.239. The van der Waals surface area contributed by atoms with Crippen molar-refractivity contribution in [3.8, 4) is 5.75 Å². The lowest BCUT2D eigenvalue weighted by Crippen LogP contribution is -2.09. The predicted molar refractivity (Wildman–Crippen MR) is 126 cm³/mol. The highest BCUT2D eigenvalue weighted by atomic mass is 19.2. The van der Waals surface area contributed by atoms with E-state index in [1.54, 1.807) is 18.2 Å². The van der Waals surface area contributed by atoms with Gasteiger partial charge in [0.1, 0.15) is 0 Å². The average Bonchev–Trinajstić information content (AvgIpc) is 2.82. The van der Waals surface area contributed by atoms with Gasteiger partial charge in [-0.2, -0.15) is 4.39 Å². The molecule has 0 aliphatic heterocycles. The Bertz CT molecular complexity index is 967. The van der Waals surface area contributed by atoms with E-state index in [4.69, 9.17) is 4.74 Å². The Hall–Kier alpha value is -2.30. The first-order valence-corrected chi connectivity index (χ1v) is 12.2. The van der Waals surface area contributed by atoms with Gasteiger partial charge >= 0.3 is 0 Å². The molecule has 180 valence electrons. The van der Waals surface area contributed by atoms with E-state index in [9.17, 15) is 17.6 Å². The molecule has 3 rings (SSSR count). The number of hydrogen-bond acceptors (Lipinski definition) is 1. The number of hydrogen-bond donors (Lipinski definition) is 0. The van der Waals surface area contributed by atoms with Crippen molar-refractivity contribution in [2.45, 2.75) is 84.0 Å². The molecular formula is C28H34F4O. The van der Waals surface area contributed by atoms with Gasteiger partial charge in [-0.05, 0) is 61.3 Å². The fourth-order valence-corrected chi connectivity index (χ4v) is 4.47. The van der Waals surface area contributed by atoms with E-state index < -0.39 is 23.3 Å². The van der Waals surface area contributed by atoms with Crippen LogP contribution in [0.2, 0.25) is 0 Å². The van der Waals surface area contributed by atoms with Crippen molar-refractivity contribution in [2.24, 2.45) is 0 Å². The summed E-state index contributed by atoms with van der Waals surface area (Å²) in [4.78, 5) is 0. The van der Waals surface area contributed by atoms with Gasteiger partial charge in [-0.1, -0.05) is 69.7 Å². The van der Waals surface area contributed by atoms with Crippen LogP contribution in [0.5, 0.6) is 5.75 Å². The van der Waals surface area contributed by atoms with Crippen molar-refractivity contribution in [3.63, 3.8) is 0 Å². The van der Waals surface area contributed by atoms with Crippen molar-refractivity contribution < 1.29 is 22.3 Å². The smallest absolute Gasteiger partial charge is 0.200 e. The highest BCUT2D eigenvalue weighted by Crippen LogP contribution is 2.39. The van der Waals surface area contributed by atoms with E-state index in [2.05, 4.69) is 6.92 Å². The van der Waals surface area contributed by atoms with E-state index in [-0.39, 0.29) is 22.8 Å². The van der Waals surface area contributed by atoms with Gasteiger partial charge in [-0.25, -0.2) is 13.2 Å². The van der Waals surface area contributed by atoms with Crippen LogP contribution in [0.4, 0.5) is 17.6 Å². The van der Waals surface area contributed by atoms with Crippen molar-refractivity contribution in [2.75, 3.05) is 6.61 Å². The second-order valence-corrected chi connectivity index (χ2v) is 9.01. The third kappa shape index (κ3) is 6.39. The van der Waals surface area contributed by atoms with E-state index >= 15 is 0 Å².